The second kappa shape index (κ2) is 5.17. The minimum atomic E-state index is 0.283. The Morgan fingerprint density at radius 2 is 1.82 bits per heavy atom. The molecule has 1 atom stereocenters. The van der Waals surface area contributed by atoms with Gasteiger partial charge in [0.25, 0.3) is 0 Å². The fraction of sp³-hybridized carbons (Fsp3) is 0.571. The van der Waals surface area contributed by atoms with Crippen LogP contribution in [0.2, 0.25) is 10.0 Å². The lowest BCUT2D eigenvalue weighted by molar-refractivity contribution is 0.327. The van der Waals surface area contributed by atoms with Gasteiger partial charge in [0.2, 0.25) is 0 Å². The summed E-state index contributed by atoms with van der Waals surface area (Å²) in [5.41, 5.74) is 1.48. The van der Waals surface area contributed by atoms with Crippen LogP contribution in [0.5, 0.6) is 0 Å². The highest BCUT2D eigenvalue weighted by Gasteiger charge is 2.29. The van der Waals surface area contributed by atoms with Gasteiger partial charge in [-0.2, -0.15) is 0 Å². The van der Waals surface area contributed by atoms with E-state index in [0.717, 1.165) is 0 Å². The van der Waals surface area contributed by atoms with Gasteiger partial charge in [0.1, 0.15) is 0 Å². The smallest absolute Gasteiger partial charge is 0.0595 e. The lowest BCUT2D eigenvalue weighted by Gasteiger charge is -2.30. The Bertz CT molecular complexity index is 397. The molecule has 0 bridgehead atoms. The first-order valence-electron chi connectivity index (χ1n) is 6.23. The molecule has 1 aromatic carbocycles. The minimum Gasteiger partial charge on any atom is -0.305 e. The molecule has 17 heavy (non-hydrogen) atoms. The molecule has 1 nitrogen and oxygen atoms in total. The molecule has 1 N–H and O–H groups in total. The SMILES string of the molecule is CC(NC1(C)CCCC1)c1ccc(Cl)c(Cl)c1. The summed E-state index contributed by atoms with van der Waals surface area (Å²) in [5, 5.41) is 4.97. The first-order valence-corrected chi connectivity index (χ1v) is 6.98. The summed E-state index contributed by atoms with van der Waals surface area (Å²) in [7, 11) is 0. The van der Waals surface area contributed by atoms with E-state index in [0.29, 0.717) is 16.1 Å². The summed E-state index contributed by atoms with van der Waals surface area (Å²) >= 11 is 12.0. The first-order chi connectivity index (χ1) is 8.00. The molecule has 3 heteroatoms. The Balaban J connectivity index is 2.08. The highest BCUT2D eigenvalue weighted by molar-refractivity contribution is 6.42. The van der Waals surface area contributed by atoms with Gasteiger partial charge < -0.3 is 5.32 Å². The maximum atomic E-state index is 6.05. The Labute approximate surface area is 114 Å². The molecule has 0 spiro atoms. The van der Waals surface area contributed by atoms with Crippen molar-refractivity contribution in [3.05, 3.63) is 33.8 Å². The molecular formula is C14H19Cl2N. The molecule has 94 valence electrons. The van der Waals surface area contributed by atoms with Gasteiger partial charge in [0.05, 0.1) is 10.0 Å². The third kappa shape index (κ3) is 3.15. The predicted molar refractivity (Wildman–Crippen MR) is 74.9 cm³/mol. The average molecular weight is 272 g/mol. The van der Waals surface area contributed by atoms with Gasteiger partial charge in [-0.15, -0.1) is 0 Å². The zero-order valence-corrected chi connectivity index (χ0v) is 11.9. The van der Waals surface area contributed by atoms with E-state index in [9.17, 15) is 0 Å². The van der Waals surface area contributed by atoms with Gasteiger partial charge in [-0.05, 0) is 44.4 Å². The lowest BCUT2D eigenvalue weighted by Crippen LogP contribution is -2.40. The van der Waals surface area contributed by atoms with E-state index >= 15 is 0 Å². The van der Waals surface area contributed by atoms with Gasteiger partial charge in [-0.3, -0.25) is 0 Å². The molecule has 0 aromatic heterocycles. The van der Waals surface area contributed by atoms with E-state index in [4.69, 9.17) is 23.2 Å². The van der Waals surface area contributed by atoms with Crippen LogP contribution in [0, 0.1) is 0 Å². The fourth-order valence-electron chi connectivity index (χ4n) is 2.69. The van der Waals surface area contributed by atoms with E-state index in [2.05, 4.69) is 19.2 Å². The standard InChI is InChI=1S/C14H19Cl2N/c1-10(17-14(2)7-3-4-8-14)11-5-6-12(15)13(16)9-11/h5-6,9-10,17H,3-4,7-8H2,1-2H3. The number of halogens is 2. The molecule has 1 unspecified atom stereocenters. The number of rotatable bonds is 3. The first kappa shape index (κ1) is 13.2. The summed E-state index contributed by atoms with van der Waals surface area (Å²) in [5.74, 6) is 0. The third-order valence-electron chi connectivity index (χ3n) is 3.72. The van der Waals surface area contributed by atoms with Crippen molar-refractivity contribution < 1.29 is 0 Å². The molecule has 1 saturated carbocycles. The normalized spacial score (nSPS) is 20.5. The van der Waals surface area contributed by atoms with Crippen molar-refractivity contribution in [2.75, 3.05) is 0 Å². The Hall–Kier alpha value is -0.240. The van der Waals surface area contributed by atoms with Crippen LogP contribution >= 0.6 is 23.2 Å². The second-order valence-electron chi connectivity index (χ2n) is 5.31. The van der Waals surface area contributed by atoms with Crippen molar-refractivity contribution >= 4 is 23.2 Å². The molecule has 0 saturated heterocycles. The molecule has 1 aliphatic rings. The molecule has 2 rings (SSSR count). The summed E-state index contributed by atoms with van der Waals surface area (Å²) < 4.78 is 0. The second-order valence-corrected chi connectivity index (χ2v) is 6.12. The lowest BCUT2D eigenvalue weighted by atomic mass is 9.97. The summed E-state index contributed by atoms with van der Waals surface area (Å²) in [6.45, 7) is 4.50. The molecule has 0 radical (unpaired) electrons. The predicted octanol–water partition coefficient (Wildman–Crippen LogP) is 4.98. The van der Waals surface area contributed by atoms with Crippen molar-refractivity contribution in [1.29, 1.82) is 0 Å². The fourth-order valence-corrected chi connectivity index (χ4v) is 2.99. The summed E-state index contributed by atoms with van der Waals surface area (Å²) in [6.07, 6.45) is 5.19. The zero-order valence-electron chi connectivity index (χ0n) is 10.4. The molecule has 0 aliphatic heterocycles. The Kier molecular flexibility index (Phi) is 4.02. The number of hydrogen-bond donors (Lipinski definition) is 1. The van der Waals surface area contributed by atoms with Crippen molar-refractivity contribution in [2.24, 2.45) is 0 Å². The van der Waals surface area contributed by atoms with Gasteiger partial charge in [-0.1, -0.05) is 42.1 Å². The van der Waals surface area contributed by atoms with E-state index < -0.39 is 0 Å². The quantitative estimate of drug-likeness (QED) is 0.818. The summed E-state index contributed by atoms with van der Waals surface area (Å²) in [4.78, 5) is 0. The highest BCUT2D eigenvalue weighted by atomic mass is 35.5. The van der Waals surface area contributed by atoms with Crippen LogP contribution in [0.15, 0.2) is 18.2 Å². The third-order valence-corrected chi connectivity index (χ3v) is 4.45. The largest absolute Gasteiger partial charge is 0.305 e. The van der Waals surface area contributed by atoms with E-state index in [1.807, 2.05) is 18.2 Å². The Morgan fingerprint density at radius 1 is 1.18 bits per heavy atom. The zero-order chi connectivity index (χ0) is 12.5. The topological polar surface area (TPSA) is 12.0 Å². The van der Waals surface area contributed by atoms with Crippen molar-refractivity contribution in [2.45, 2.75) is 51.1 Å². The molecule has 0 heterocycles. The van der Waals surface area contributed by atoms with E-state index in [-0.39, 0.29) is 5.54 Å². The Morgan fingerprint density at radius 3 is 2.41 bits per heavy atom. The van der Waals surface area contributed by atoms with Crippen LogP contribution in [0.1, 0.15) is 51.1 Å². The minimum absolute atomic E-state index is 0.283. The van der Waals surface area contributed by atoms with Crippen LogP contribution in [-0.2, 0) is 0 Å². The van der Waals surface area contributed by atoms with Gasteiger partial charge in [-0.25, -0.2) is 0 Å². The maximum absolute atomic E-state index is 6.05. The molecule has 0 amide bonds. The highest BCUT2D eigenvalue weighted by Crippen LogP contribution is 2.32. The van der Waals surface area contributed by atoms with Crippen LogP contribution in [0.25, 0.3) is 0 Å². The molecule has 1 fully saturated rings. The monoisotopic (exact) mass is 271 g/mol. The van der Waals surface area contributed by atoms with Gasteiger partial charge >= 0.3 is 0 Å². The maximum Gasteiger partial charge on any atom is 0.0595 e. The van der Waals surface area contributed by atoms with Crippen molar-refractivity contribution in [3.63, 3.8) is 0 Å². The number of hydrogen-bond acceptors (Lipinski definition) is 1. The van der Waals surface area contributed by atoms with Crippen LogP contribution in [0.4, 0.5) is 0 Å². The van der Waals surface area contributed by atoms with Crippen LogP contribution in [0.3, 0.4) is 0 Å². The van der Waals surface area contributed by atoms with Crippen LogP contribution in [-0.4, -0.2) is 5.54 Å². The van der Waals surface area contributed by atoms with Gasteiger partial charge in [0, 0.05) is 11.6 Å². The van der Waals surface area contributed by atoms with Crippen LogP contribution < -0.4 is 5.32 Å². The number of benzene rings is 1. The molecule has 1 aromatic rings. The number of nitrogens with one attached hydrogen (secondary N) is 1. The molecular weight excluding hydrogens is 253 g/mol. The van der Waals surface area contributed by atoms with Crippen molar-refractivity contribution in [1.82, 2.24) is 5.32 Å². The average Bonchev–Trinajstić information content (AvgIpc) is 2.69. The summed E-state index contributed by atoms with van der Waals surface area (Å²) in [6, 6.07) is 6.19. The van der Waals surface area contributed by atoms with E-state index in [1.165, 1.54) is 31.2 Å². The van der Waals surface area contributed by atoms with E-state index in [1.54, 1.807) is 0 Å². The van der Waals surface area contributed by atoms with Gasteiger partial charge in [0.15, 0.2) is 0 Å². The molecule has 1 aliphatic carbocycles. The van der Waals surface area contributed by atoms with Crippen molar-refractivity contribution in [3.8, 4) is 0 Å².